The zero-order chi connectivity index (χ0) is 24.3. The molecule has 0 radical (unpaired) electrons. The fraction of sp³-hybridized carbons (Fsp3) is 0.231. The molecule has 1 N–H and O–H groups in total. The van der Waals surface area contributed by atoms with Gasteiger partial charge in [0.15, 0.2) is 5.78 Å². The highest BCUT2D eigenvalue weighted by Gasteiger charge is 2.28. The molecule has 1 aliphatic rings. The van der Waals surface area contributed by atoms with Crippen molar-refractivity contribution < 1.29 is 18.0 Å². The van der Waals surface area contributed by atoms with E-state index in [1.165, 1.54) is 24.3 Å². The van der Waals surface area contributed by atoms with E-state index in [0.717, 1.165) is 5.56 Å². The summed E-state index contributed by atoms with van der Waals surface area (Å²) in [6.45, 7) is 2.95. The molecule has 0 aromatic heterocycles. The molecular formula is C26H25ClN2O4S. The van der Waals surface area contributed by atoms with E-state index in [2.05, 4.69) is 4.72 Å². The van der Waals surface area contributed by atoms with Crippen molar-refractivity contribution in [3.63, 3.8) is 0 Å². The third-order valence-electron chi connectivity index (χ3n) is 6.00. The molecule has 8 heteroatoms. The second kappa shape index (κ2) is 9.99. The smallest absolute Gasteiger partial charge is 0.261 e. The molecule has 0 atom stereocenters. The van der Waals surface area contributed by atoms with Gasteiger partial charge >= 0.3 is 0 Å². The molecule has 1 heterocycles. The molecule has 0 spiro atoms. The summed E-state index contributed by atoms with van der Waals surface area (Å²) in [5.74, 6) is -0.149. The SMILES string of the molecule is Cc1ccc(C(=O)C2CCN(C(=O)c3ccc(S(=O)(=O)Nc4ccc(Cl)cc4)cc3)CC2)cc1. The molecule has 1 fully saturated rings. The first-order valence-corrected chi connectivity index (χ1v) is 12.9. The molecule has 3 aromatic rings. The minimum Gasteiger partial charge on any atom is -0.339 e. The van der Waals surface area contributed by atoms with Crippen LogP contribution in [0.3, 0.4) is 0 Å². The number of anilines is 1. The Morgan fingerprint density at radius 2 is 1.41 bits per heavy atom. The Morgan fingerprint density at radius 1 is 0.853 bits per heavy atom. The molecule has 1 aliphatic heterocycles. The van der Waals surface area contributed by atoms with Crippen LogP contribution in [0.15, 0.2) is 77.7 Å². The number of piperidine rings is 1. The Morgan fingerprint density at radius 3 is 2.00 bits per heavy atom. The number of hydrogen-bond donors (Lipinski definition) is 1. The minimum atomic E-state index is -3.79. The zero-order valence-electron chi connectivity index (χ0n) is 18.7. The first-order valence-electron chi connectivity index (χ1n) is 11.0. The summed E-state index contributed by atoms with van der Waals surface area (Å²) < 4.78 is 27.8. The van der Waals surface area contributed by atoms with Crippen LogP contribution >= 0.6 is 11.6 Å². The summed E-state index contributed by atoms with van der Waals surface area (Å²) in [7, 11) is -3.79. The van der Waals surface area contributed by atoms with Gasteiger partial charge in [-0.15, -0.1) is 0 Å². The quantitative estimate of drug-likeness (QED) is 0.476. The van der Waals surface area contributed by atoms with Crippen LogP contribution < -0.4 is 4.72 Å². The van der Waals surface area contributed by atoms with Crippen molar-refractivity contribution in [2.75, 3.05) is 17.8 Å². The van der Waals surface area contributed by atoms with Gasteiger partial charge in [0.2, 0.25) is 0 Å². The number of ketones is 1. The largest absolute Gasteiger partial charge is 0.339 e. The van der Waals surface area contributed by atoms with Crippen molar-refractivity contribution in [3.8, 4) is 0 Å². The second-order valence-corrected chi connectivity index (χ2v) is 10.6. The highest BCUT2D eigenvalue weighted by atomic mass is 35.5. The number of rotatable bonds is 6. The molecule has 4 rings (SSSR count). The Kier molecular flexibility index (Phi) is 7.05. The fourth-order valence-corrected chi connectivity index (χ4v) is 5.17. The van der Waals surface area contributed by atoms with Crippen molar-refractivity contribution >= 4 is 39.0 Å². The lowest BCUT2D eigenvalue weighted by atomic mass is 9.88. The van der Waals surface area contributed by atoms with Crippen LogP contribution in [0.5, 0.6) is 0 Å². The van der Waals surface area contributed by atoms with Gasteiger partial charge in [0.25, 0.3) is 15.9 Å². The van der Waals surface area contributed by atoms with Crippen LogP contribution in [0, 0.1) is 12.8 Å². The molecule has 0 bridgehead atoms. The summed E-state index contributed by atoms with van der Waals surface area (Å²) in [6, 6.07) is 19.8. The highest BCUT2D eigenvalue weighted by molar-refractivity contribution is 7.92. The molecule has 0 unspecified atom stereocenters. The number of nitrogens with one attached hydrogen (secondary N) is 1. The number of carbonyl (C=O) groups excluding carboxylic acids is 2. The van der Waals surface area contributed by atoms with Gasteiger partial charge in [0.05, 0.1) is 4.90 Å². The van der Waals surface area contributed by atoms with E-state index < -0.39 is 10.0 Å². The van der Waals surface area contributed by atoms with Crippen LogP contribution in [0.2, 0.25) is 5.02 Å². The maximum Gasteiger partial charge on any atom is 0.261 e. The Labute approximate surface area is 204 Å². The molecule has 6 nitrogen and oxygen atoms in total. The Balaban J connectivity index is 1.37. The first kappa shape index (κ1) is 24.0. The summed E-state index contributed by atoms with van der Waals surface area (Å²) in [5, 5.41) is 0.509. The van der Waals surface area contributed by atoms with Gasteiger partial charge in [-0.25, -0.2) is 8.42 Å². The van der Waals surface area contributed by atoms with Gasteiger partial charge in [-0.05, 0) is 68.3 Å². The van der Waals surface area contributed by atoms with E-state index in [-0.39, 0.29) is 22.5 Å². The van der Waals surface area contributed by atoms with E-state index >= 15 is 0 Å². The Hall–Kier alpha value is -3.16. The third-order valence-corrected chi connectivity index (χ3v) is 7.65. The number of carbonyl (C=O) groups is 2. The lowest BCUT2D eigenvalue weighted by Gasteiger charge is -2.31. The van der Waals surface area contributed by atoms with E-state index in [9.17, 15) is 18.0 Å². The van der Waals surface area contributed by atoms with Gasteiger partial charge in [-0.1, -0.05) is 41.4 Å². The predicted octanol–water partition coefficient (Wildman–Crippen LogP) is 5.18. The number of likely N-dealkylation sites (tertiary alicyclic amines) is 1. The molecule has 1 saturated heterocycles. The van der Waals surface area contributed by atoms with Crippen LogP contribution in [0.4, 0.5) is 5.69 Å². The fourth-order valence-electron chi connectivity index (χ4n) is 3.99. The van der Waals surface area contributed by atoms with Crippen LogP contribution in [0.25, 0.3) is 0 Å². The lowest BCUT2D eigenvalue weighted by Crippen LogP contribution is -2.40. The first-order chi connectivity index (χ1) is 16.2. The molecule has 0 aliphatic carbocycles. The predicted molar refractivity (Wildman–Crippen MR) is 133 cm³/mol. The molecule has 34 heavy (non-hydrogen) atoms. The van der Waals surface area contributed by atoms with Crippen molar-refractivity contribution in [1.82, 2.24) is 4.90 Å². The monoisotopic (exact) mass is 496 g/mol. The second-order valence-electron chi connectivity index (χ2n) is 8.43. The number of amides is 1. The standard InChI is InChI=1S/C26H25ClN2O4S/c1-18-2-4-19(5-3-18)25(30)20-14-16-29(17-15-20)26(31)21-6-12-24(13-7-21)34(32,33)28-23-10-8-22(27)9-11-23/h2-13,20,28H,14-17H2,1H3. The number of Topliss-reactive ketones (excluding diaryl/α,β-unsaturated/α-hetero) is 1. The summed E-state index contributed by atoms with van der Waals surface area (Å²) in [4.78, 5) is 27.5. The number of sulfonamides is 1. The van der Waals surface area contributed by atoms with E-state index in [1.807, 2.05) is 31.2 Å². The summed E-state index contributed by atoms with van der Waals surface area (Å²) >= 11 is 5.84. The highest BCUT2D eigenvalue weighted by Crippen LogP contribution is 2.24. The van der Waals surface area contributed by atoms with Crippen LogP contribution in [0.1, 0.15) is 39.1 Å². The topological polar surface area (TPSA) is 83.6 Å². The Bertz CT molecular complexity index is 1280. The average Bonchev–Trinajstić information content (AvgIpc) is 2.85. The maximum absolute atomic E-state index is 12.9. The van der Waals surface area contributed by atoms with Crippen molar-refractivity contribution in [2.45, 2.75) is 24.7 Å². The minimum absolute atomic E-state index is 0.0569. The maximum atomic E-state index is 12.9. The number of halogens is 1. The normalized spacial score (nSPS) is 14.6. The number of aryl methyl sites for hydroxylation is 1. The third kappa shape index (κ3) is 5.48. The number of nitrogens with zero attached hydrogens (tertiary/aromatic N) is 1. The molecule has 0 saturated carbocycles. The van der Waals surface area contributed by atoms with Crippen molar-refractivity contribution in [3.05, 3.63) is 94.5 Å². The lowest BCUT2D eigenvalue weighted by molar-refractivity contribution is 0.0650. The van der Waals surface area contributed by atoms with Gasteiger partial charge < -0.3 is 4.90 Å². The van der Waals surface area contributed by atoms with E-state index in [4.69, 9.17) is 11.6 Å². The number of benzene rings is 3. The van der Waals surface area contributed by atoms with Crippen molar-refractivity contribution in [1.29, 1.82) is 0 Å². The van der Waals surface area contributed by atoms with Gasteiger partial charge in [0, 0.05) is 40.8 Å². The van der Waals surface area contributed by atoms with E-state index in [0.29, 0.717) is 47.8 Å². The molecular weight excluding hydrogens is 472 g/mol. The van der Waals surface area contributed by atoms with Gasteiger partial charge in [-0.3, -0.25) is 14.3 Å². The number of hydrogen-bond acceptors (Lipinski definition) is 4. The van der Waals surface area contributed by atoms with Crippen LogP contribution in [-0.4, -0.2) is 38.1 Å². The molecule has 3 aromatic carbocycles. The zero-order valence-corrected chi connectivity index (χ0v) is 20.3. The summed E-state index contributed by atoms with van der Waals surface area (Å²) in [5.41, 5.74) is 2.62. The van der Waals surface area contributed by atoms with Crippen molar-refractivity contribution in [2.24, 2.45) is 5.92 Å². The van der Waals surface area contributed by atoms with E-state index in [1.54, 1.807) is 29.2 Å². The molecule has 1 amide bonds. The van der Waals surface area contributed by atoms with Gasteiger partial charge in [-0.2, -0.15) is 0 Å². The average molecular weight is 497 g/mol. The summed E-state index contributed by atoms with van der Waals surface area (Å²) in [6.07, 6.45) is 1.21. The van der Waals surface area contributed by atoms with Gasteiger partial charge in [0.1, 0.15) is 0 Å². The molecule has 176 valence electrons. The van der Waals surface area contributed by atoms with Crippen LogP contribution in [-0.2, 0) is 10.0 Å².